The molecule has 1 atom stereocenters. The molecule has 9 heavy (non-hydrogen) atoms. The van der Waals surface area contributed by atoms with Crippen molar-refractivity contribution >= 4 is 5.84 Å². The normalized spacial score (nSPS) is 25.9. The highest BCUT2D eigenvalue weighted by atomic mass is 14.9. The number of dihydropyridines is 1. The Kier molecular flexibility index (Phi) is 1.88. The second kappa shape index (κ2) is 2.67. The van der Waals surface area contributed by atoms with E-state index < -0.39 is 0 Å². The first-order chi connectivity index (χ1) is 4.33. The van der Waals surface area contributed by atoms with E-state index in [-0.39, 0.29) is 0 Å². The molecule has 0 amide bonds. The summed E-state index contributed by atoms with van der Waals surface area (Å²) in [6.07, 6.45) is 6.09. The lowest BCUT2D eigenvalue weighted by Crippen LogP contribution is -2.16. The average molecular weight is 124 g/mol. The van der Waals surface area contributed by atoms with Crippen LogP contribution in [-0.4, -0.2) is 11.9 Å². The van der Waals surface area contributed by atoms with E-state index in [1.807, 2.05) is 6.08 Å². The molecule has 2 nitrogen and oxygen atoms in total. The van der Waals surface area contributed by atoms with Crippen molar-refractivity contribution in [1.29, 1.82) is 0 Å². The predicted octanol–water partition coefficient (Wildman–Crippen LogP) is 1.08. The van der Waals surface area contributed by atoms with Crippen LogP contribution in [0.3, 0.4) is 0 Å². The molecule has 0 aromatic carbocycles. The molecule has 2 N–H and O–H groups in total. The van der Waals surface area contributed by atoms with Crippen molar-refractivity contribution in [3.05, 3.63) is 12.2 Å². The number of hydrogen-bond donors (Lipinski definition) is 1. The maximum atomic E-state index is 5.46. The van der Waals surface area contributed by atoms with Crippen LogP contribution in [0.4, 0.5) is 0 Å². The number of aliphatic imine (C=N–C) groups is 1. The molecule has 0 aliphatic carbocycles. The molecule has 0 bridgehead atoms. The highest BCUT2D eigenvalue weighted by Crippen LogP contribution is 2.07. The second-order valence-corrected chi connectivity index (χ2v) is 2.25. The summed E-state index contributed by atoms with van der Waals surface area (Å²) in [7, 11) is 0. The van der Waals surface area contributed by atoms with E-state index in [4.69, 9.17) is 5.73 Å². The van der Waals surface area contributed by atoms with Crippen LogP contribution in [0, 0.1) is 0 Å². The van der Waals surface area contributed by atoms with Crippen LogP contribution in [0.1, 0.15) is 19.8 Å². The molecule has 0 saturated heterocycles. The van der Waals surface area contributed by atoms with E-state index in [0.717, 1.165) is 12.8 Å². The lowest BCUT2D eigenvalue weighted by Gasteiger charge is -2.10. The van der Waals surface area contributed by atoms with Crippen LogP contribution in [0.5, 0.6) is 0 Å². The zero-order valence-corrected chi connectivity index (χ0v) is 5.67. The topological polar surface area (TPSA) is 38.4 Å². The molecule has 2 heteroatoms. The Balaban J connectivity index is 2.55. The molecule has 1 unspecified atom stereocenters. The smallest absolute Gasteiger partial charge is 0.118 e. The molecule has 0 radical (unpaired) electrons. The second-order valence-electron chi connectivity index (χ2n) is 2.25. The zero-order chi connectivity index (χ0) is 6.69. The van der Waals surface area contributed by atoms with Gasteiger partial charge in [-0.15, -0.1) is 0 Å². The Hall–Kier alpha value is -0.790. The molecule has 1 aliphatic rings. The van der Waals surface area contributed by atoms with Crippen LogP contribution in [0.2, 0.25) is 0 Å². The minimum atomic E-state index is 0.440. The van der Waals surface area contributed by atoms with Crippen molar-refractivity contribution in [3.8, 4) is 0 Å². The quantitative estimate of drug-likeness (QED) is 0.558. The molecular weight excluding hydrogens is 112 g/mol. The van der Waals surface area contributed by atoms with E-state index in [9.17, 15) is 0 Å². The van der Waals surface area contributed by atoms with E-state index in [0.29, 0.717) is 11.9 Å². The van der Waals surface area contributed by atoms with Gasteiger partial charge in [0.1, 0.15) is 5.84 Å². The van der Waals surface area contributed by atoms with Gasteiger partial charge in [-0.05, 0) is 18.9 Å². The molecule has 0 aromatic rings. The zero-order valence-electron chi connectivity index (χ0n) is 5.67. The van der Waals surface area contributed by atoms with Crippen molar-refractivity contribution in [3.63, 3.8) is 0 Å². The summed E-state index contributed by atoms with van der Waals surface area (Å²) in [5.41, 5.74) is 5.46. The number of nitrogens with two attached hydrogens (primary N) is 1. The van der Waals surface area contributed by atoms with Crippen LogP contribution in [0.15, 0.2) is 17.1 Å². The molecule has 0 fully saturated rings. The Morgan fingerprint density at radius 2 is 2.67 bits per heavy atom. The van der Waals surface area contributed by atoms with E-state index in [1.165, 1.54) is 0 Å². The largest absolute Gasteiger partial charge is 0.384 e. The van der Waals surface area contributed by atoms with E-state index in [2.05, 4.69) is 18.0 Å². The molecule has 0 saturated carbocycles. The highest BCUT2D eigenvalue weighted by Gasteiger charge is 2.04. The van der Waals surface area contributed by atoms with Crippen molar-refractivity contribution in [1.82, 2.24) is 0 Å². The molecule has 1 rings (SSSR count). The first-order valence-electron chi connectivity index (χ1n) is 3.32. The maximum absolute atomic E-state index is 5.46. The van der Waals surface area contributed by atoms with Crippen LogP contribution in [0.25, 0.3) is 0 Å². The van der Waals surface area contributed by atoms with E-state index >= 15 is 0 Å². The Morgan fingerprint density at radius 1 is 1.89 bits per heavy atom. The van der Waals surface area contributed by atoms with Gasteiger partial charge in [0.2, 0.25) is 0 Å². The Labute approximate surface area is 55.5 Å². The summed E-state index contributed by atoms with van der Waals surface area (Å²) in [5, 5.41) is 0. The average Bonchev–Trinajstić information content (AvgIpc) is 1.88. The Morgan fingerprint density at radius 3 is 3.11 bits per heavy atom. The number of rotatable bonds is 1. The third-order valence-corrected chi connectivity index (χ3v) is 1.50. The summed E-state index contributed by atoms with van der Waals surface area (Å²) in [4.78, 5) is 4.21. The van der Waals surface area contributed by atoms with Gasteiger partial charge in [-0.1, -0.05) is 13.0 Å². The van der Waals surface area contributed by atoms with Gasteiger partial charge in [-0.2, -0.15) is 0 Å². The minimum absolute atomic E-state index is 0.440. The molecule has 50 valence electrons. The summed E-state index contributed by atoms with van der Waals surface area (Å²) >= 11 is 0. The number of nitrogens with zero attached hydrogens (tertiary/aromatic N) is 1. The Bertz CT molecular complexity index is 147. The lowest BCUT2D eigenvalue weighted by molar-refractivity contribution is 0.656. The number of amidine groups is 1. The fourth-order valence-electron chi connectivity index (χ4n) is 0.910. The predicted molar refractivity (Wildman–Crippen MR) is 39.5 cm³/mol. The van der Waals surface area contributed by atoms with Gasteiger partial charge < -0.3 is 5.73 Å². The fraction of sp³-hybridized carbons (Fsp3) is 0.571. The molecule has 0 spiro atoms. The van der Waals surface area contributed by atoms with Crippen molar-refractivity contribution in [2.45, 2.75) is 25.8 Å². The van der Waals surface area contributed by atoms with Gasteiger partial charge in [-0.3, -0.25) is 4.99 Å². The summed E-state index contributed by atoms with van der Waals surface area (Å²) in [6, 6.07) is 0.440. The van der Waals surface area contributed by atoms with Gasteiger partial charge in [0.05, 0.1) is 6.04 Å². The monoisotopic (exact) mass is 124 g/mol. The first-order valence-corrected chi connectivity index (χ1v) is 3.32. The standard InChI is InChI=1S/C7H12N2/c1-2-6-4-3-5-7(8)9-6/h3,5-6H,2,4H2,1H3,(H2,8,9). The van der Waals surface area contributed by atoms with Crippen molar-refractivity contribution in [2.24, 2.45) is 10.7 Å². The minimum Gasteiger partial charge on any atom is -0.384 e. The molecule has 1 aliphatic heterocycles. The third kappa shape index (κ3) is 1.56. The van der Waals surface area contributed by atoms with Crippen molar-refractivity contribution < 1.29 is 0 Å². The van der Waals surface area contributed by atoms with E-state index in [1.54, 1.807) is 0 Å². The van der Waals surface area contributed by atoms with Gasteiger partial charge in [0.25, 0.3) is 0 Å². The SMILES string of the molecule is CCC1CC=CC(N)=N1. The number of hydrogen-bond acceptors (Lipinski definition) is 2. The van der Waals surface area contributed by atoms with Crippen molar-refractivity contribution in [2.75, 3.05) is 0 Å². The van der Waals surface area contributed by atoms with Gasteiger partial charge in [-0.25, -0.2) is 0 Å². The van der Waals surface area contributed by atoms with Gasteiger partial charge in [0, 0.05) is 0 Å². The maximum Gasteiger partial charge on any atom is 0.118 e. The van der Waals surface area contributed by atoms with Gasteiger partial charge in [0.15, 0.2) is 0 Å². The first kappa shape index (κ1) is 6.33. The van der Waals surface area contributed by atoms with Crippen LogP contribution < -0.4 is 5.73 Å². The highest BCUT2D eigenvalue weighted by molar-refractivity contribution is 5.92. The lowest BCUT2D eigenvalue weighted by atomic mass is 10.1. The fourth-order valence-corrected chi connectivity index (χ4v) is 0.910. The summed E-state index contributed by atoms with van der Waals surface area (Å²) < 4.78 is 0. The van der Waals surface area contributed by atoms with Crippen LogP contribution in [-0.2, 0) is 0 Å². The molecular formula is C7H12N2. The van der Waals surface area contributed by atoms with Crippen LogP contribution >= 0.6 is 0 Å². The summed E-state index contributed by atoms with van der Waals surface area (Å²) in [5.74, 6) is 0.674. The molecule has 0 aromatic heterocycles. The third-order valence-electron chi connectivity index (χ3n) is 1.50. The van der Waals surface area contributed by atoms with Gasteiger partial charge >= 0.3 is 0 Å². The summed E-state index contributed by atoms with van der Waals surface area (Å²) in [6.45, 7) is 2.13. The molecule has 1 heterocycles.